The van der Waals surface area contributed by atoms with Crippen LogP contribution in [0.5, 0.6) is 0 Å². The van der Waals surface area contributed by atoms with Crippen LogP contribution in [0.1, 0.15) is 12.0 Å². The number of rotatable bonds is 4. The molecular formula is C15H24N4. The lowest BCUT2D eigenvalue weighted by Gasteiger charge is -2.17. The maximum atomic E-state index is 4.14. The lowest BCUT2D eigenvalue weighted by Crippen LogP contribution is -2.38. The largest absolute Gasteiger partial charge is 0.359 e. The highest BCUT2D eigenvalue weighted by molar-refractivity contribution is 5.79. The van der Waals surface area contributed by atoms with E-state index in [4.69, 9.17) is 0 Å². The molecule has 1 saturated heterocycles. The fraction of sp³-hybridized carbons (Fsp3) is 0.533. The van der Waals surface area contributed by atoms with Crippen LogP contribution in [0.4, 0.5) is 0 Å². The number of hydrogen-bond donors (Lipinski definition) is 2. The van der Waals surface area contributed by atoms with Gasteiger partial charge in [0.25, 0.3) is 0 Å². The molecule has 1 aromatic rings. The van der Waals surface area contributed by atoms with Gasteiger partial charge < -0.3 is 10.6 Å². The summed E-state index contributed by atoms with van der Waals surface area (Å²) in [7, 11) is 3.70. The number of hydrogen-bond acceptors (Lipinski definition) is 2. The van der Waals surface area contributed by atoms with Gasteiger partial charge in [0.05, 0.1) is 0 Å². The number of nitrogens with zero attached hydrogens (tertiary/aromatic N) is 2. The molecule has 19 heavy (non-hydrogen) atoms. The van der Waals surface area contributed by atoms with Crippen LogP contribution in [0.25, 0.3) is 0 Å². The van der Waals surface area contributed by atoms with Gasteiger partial charge in [-0.15, -0.1) is 0 Å². The Balaban J connectivity index is 1.74. The van der Waals surface area contributed by atoms with Crippen LogP contribution in [0.2, 0.25) is 0 Å². The average molecular weight is 260 g/mol. The van der Waals surface area contributed by atoms with Gasteiger partial charge in [-0.1, -0.05) is 30.3 Å². The second-order valence-electron chi connectivity index (χ2n) is 5.08. The molecule has 1 aliphatic heterocycles. The fourth-order valence-electron chi connectivity index (χ4n) is 2.58. The third-order valence-electron chi connectivity index (χ3n) is 3.64. The molecule has 4 heteroatoms. The average Bonchev–Trinajstić information content (AvgIpc) is 2.89. The molecule has 0 unspecified atom stereocenters. The van der Waals surface area contributed by atoms with Crippen molar-refractivity contribution in [2.45, 2.75) is 13.0 Å². The topological polar surface area (TPSA) is 39.7 Å². The first-order chi connectivity index (χ1) is 9.31. The Kier molecular flexibility index (Phi) is 5.21. The van der Waals surface area contributed by atoms with E-state index < -0.39 is 0 Å². The van der Waals surface area contributed by atoms with Crippen molar-refractivity contribution < 1.29 is 0 Å². The zero-order chi connectivity index (χ0) is 13.5. The molecule has 0 aliphatic carbocycles. The van der Waals surface area contributed by atoms with Crippen LogP contribution in [-0.2, 0) is 6.54 Å². The minimum Gasteiger partial charge on any atom is -0.359 e. The van der Waals surface area contributed by atoms with Crippen LogP contribution < -0.4 is 10.6 Å². The minimum absolute atomic E-state index is 0.716. The van der Waals surface area contributed by atoms with E-state index in [0.29, 0.717) is 5.92 Å². The van der Waals surface area contributed by atoms with Crippen molar-refractivity contribution >= 4 is 5.96 Å². The summed E-state index contributed by atoms with van der Waals surface area (Å²) in [6.07, 6.45) is 1.26. The summed E-state index contributed by atoms with van der Waals surface area (Å²) in [5.41, 5.74) is 1.40. The van der Waals surface area contributed by atoms with Gasteiger partial charge in [0.15, 0.2) is 5.96 Å². The fourth-order valence-corrected chi connectivity index (χ4v) is 2.58. The van der Waals surface area contributed by atoms with Gasteiger partial charge in [0, 0.05) is 33.7 Å². The van der Waals surface area contributed by atoms with Gasteiger partial charge in [0.2, 0.25) is 0 Å². The Morgan fingerprint density at radius 3 is 2.84 bits per heavy atom. The van der Waals surface area contributed by atoms with Crippen molar-refractivity contribution in [3.05, 3.63) is 35.9 Å². The van der Waals surface area contributed by atoms with Crippen LogP contribution in [0, 0.1) is 5.92 Å². The molecule has 2 N–H and O–H groups in total. The number of likely N-dealkylation sites (tertiary alicyclic amines) is 1. The van der Waals surface area contributed by atoms with Crippen molar-refractivity contribution in [2.24, 2.45) is 10.9 Å². The van der Waals surface area contributed by atoms with E-state index in [2.05, 4.69) is 50.9 Å². The van der Waals surface area contributed by atoms with Gasteiger partial charge in [-0.25, -0.2) is 0 Å². The molecule has 1 atom stereocenters. The molecule has 0 spiro atoms. The zero-order valence-electron chi connectivity index (χ0n) is 11.9. The second-order valence-corrected chi connectivity index (χ2v) is 5.08. The monoisotopic (exact) mass is 260 g/mol. The molecule has 0 aromatic heterocycles. The highest BCUT2D eigenvalue weighted by atomic mass is 15.2. The predicted molar refractivity (Wildman–Crippen MR) is 80.2 cm³/mol. The third kappa shape index (κ3) is 4.24. The van der Waals surface area contributed by atoms with Gasteiger partial charge in [0.1, 0.15) is 0 Å². The molecule has 0 bridgehead atoms. The summed E-state index contributed by atoms with van der Waals surface area (Å²) in [4.78, 5) is 6.67. The molecule has 1 fully saturated rings. The summed E-state index contributed by atoms with van der Waals surface area (Å²) in [5, 5.41) is 6.41. The summed E-state index contributed by atoms with van der Waals surface area (Å²) in [5.74, 6) is 1.59. The number of guanidine groups is 1. The van der Waals surface area contributed by atoms with Crippen molar-refractivity contribution in [1.82, 2.24) is 15.5 Å². The van der Waals surface area contributed by atoms with Crippen LogP contribution in [0.15, 0.2) is 35.3 Å². The number of nitrogens with one attached hydrogen (secondary N) is 2. The van der Waals surface area contributed by atoms with E-state index in [1.807, 2.05) is 7.05 Å². The van der Waals surface area contributed by atoms with E-state index in [1.165, 1.54) is 25.1 Å². The van der Waals surface area contributed by atoms with E-state index in [1.54, 1.807) is 7.05 Å². The van der Waals surface area contributed by atoms with Crippen molar-refractivity contribution in [3.8, 4) is 0 Å². The van der Waals surface area contributed by atoms with Crippen LogP contribution in [0.3, 0.4) is 0 Å². The normalized spacial score (nSPS) is 20.5. The van der Waals surface area contributed by atoms with Crippen LogP contribution >= 0.6 is 0 Å². The van der Waals surface area contributed by atoms with E-state index in [-0.39, 0.29) is 0 Å². The Hall–Kier alpha value is -1.55. The Morgan fingerprint density at radius 2 is 2.16 bits per heavy atom. The van der Waals surface area contributed by atoms with Gasteiger partial charge in [-0.3, -0.25) is 9.89 Å². The molecule has 0 saturated carbocycles. The zero-order valence-corrected chi connectivity index (χ0v) is 11.9. The third-order valence-corrected chi connectivity index (χ3v) is 3.64. The first kappa shape index (κ1) is 13.9. The van der Waals surface area contributed by atoms with Crippen molar-refractivity contribution in [2.75, 3.05) is 33.7 Å². The van der Waals surface area contributed by atoms with E-state index >= 15 is 0 Å². The van der Waals surface area contributed by atoms with Crippen molar-refractivity contribution in [1.29, 1.82) is 0 Å². The van der Waals surface area contributed by atoms with E-state index in [9.17, 15) is 0 Å². The molecule has 0 radical (unpaired) electrons. The lowest BCUT2D eigenvalue weighted by molar-refractivity contribution is 0.316. The quantitative estimate of drug-likeness (QED) is 0.633. The SMILES string of the molecule is CN=C(NC)NC[C@@H]1CCN(Cc2ccccc2)C1. The summed E-state index contributed by atoms with van der Waals surface area (Å²) in [6.45, 7) is 4.43. The highest BCUT2D eigenvalue weighted by Gasteiger charge is 2.22. The first-order valence-corrected chi connectivity index (χ1v) is 6.96. The molecule has 2 rings (SSSR count). The summed E-state index contributed by atoms with van der Waals surface area (Å²) < 4.78 is 0. The molecular weight excluding hydrogens is 236 g/mol. The standard InChI is InChI=1S/C15H24N4/c1-16-15(17-2)18-10-14-8-9-19(12-14)11-13-6-4-3-5-7-13/h3-7,14H,8-12H2,1-2H3,(H2,16,17,18)/t14-/m0/s1. The molecule has 1 aliphatic rings. The molecule has 4 nitrogen and oxygen atoms in total. The minimum atomic E-state index is 0.716. The molecule has 1 aromatic carbocycles. The second kappa shape index (κ2) is 7.14. The number of benzene rings is 1. The molecule has 0 amide bonds. The Morgan fingerprint density at radius 1 is 1.37 bits per heavy atom. The van der Waals surface area contributed by atoms with Gasteiger partial charge in [-0.2, -0.15) is 0 Å². The number of aliphatic imine (C=N–C) groups is 1. The van der Waals surface area contributed by atoms with Crippen molar-refractivity contribution in [3.63, 3.8) is 0 Å². The summed E-state index contributed by atoms with van der Waals surface area (Å²) >= 11 is 0. The van der Waals surface area contributed by atoms with Gasteiger partial charge in [-0.05, 0) is 24.4 Å². The summed E-state index contributed by atoms with van der Waals surface area (Å²) in [6, 6.07) is 10.7. The lowest BCUT2D eigenvalue weighted by atomic mass is 10.1. The highest BCUT2D eigenvalue weighted by Crippen LogP contribution is 2.17. The Bertz CT molecular complexity index is 402. The van der Waals surface area contributed by atoms with Crippen LogP contribution in [-0.4, -0.2) is 44.6 Å². The molecule has 1 heterocycles. The molecule has 104 valence electrons. The first-order valence-electron chi connectivity index (χ1n) is 6.96. The predicted octanol–water partition coefficient (Wildman–Crippen LogP) is 1.30. The maximum absolute atomic E-state index is 4.14. The maximum Gasteiger partial charge on any atom is 0.190 e. The smallest absolute Gasteiger partial charge is 0.190 e. The Labute approximate surface area is 115 Å². The van der Waals surface area contributed by atoms with E-state index in [0.717, 1.165) is 19.0 Å². The van der Waals surface area contributed by atoms with Gasteiger partial charge >= 0.3 is 0 Å².